The highest BCUT2D eigenvalue weighted by Gasteiger charge is 2.14. The van der Waals surface area contributed by atoms with Crippen LogP contribution in [0.1, 0.15) is 23.4 Å². The lowest BCUT2D eigenvalue weighted by Crippen LogP contribution is -2.19. The second kappa shape index (κ2) is 5.66. The quantitative estimate of drug-likeness (QED) is 0.934. The third-order valence-electron chi connectivity index (χ3n) is 3.23. The number of furan rings is 1. The number of halogens is 1. The lowest BCUT2D eigenvalue weighted by Gasteiger charge is -2.16. The first-order valence-electron chi connectivity index (χ1n) is 6.50. The van der Waals surface area contributed by atoms with Crippen molar-refractivity contribution in [3.8, 4) is 0 Å². The van der Waals surface area contributed by atoms with Gasteiger partial charge in [0.1, 0.15) is 5.82 Å². The maximum absolute atomic E-state index is 11.9. The number of nitrogens with zero attached hydrogens (tertiary/aromatic N) is 2. The number of amides is 1. The Morgan fingerprint density at radius 3 is 2.65 bits per heavy atom. The standard InChI is InChI=1S/C14H14BrN3O2/c15-12-5-4-11(20-12)14(19)17-10-3-6-13(16-9-10)18-7-1-2-8-18/h3-6,9H,1-2,7-8H2,(H,17,19). The molecule has 0 unspecified atom stereocenters. The van der Waals surface area contributed by atoms with Crippen molar-refractivity contribution in [3.63, 3.8) is 0 Å². The molecule has 0 saturated carbocycles. The van der Waals surface area contributed by atoms with Gasteiger partial charge in [-0.3, -0.25) is 4.79 Å². The van der Waals surface area contributed by atoms with Crippen molar-refractivity contribution in [2.75, 3.05) is 23.3 Å². The monoisotopic (exact) mass is 335 g/mol. The van der Waals surface area contributed by atoms with Gasteiger partial charge in [0.05, 0.1) is 11.9 Å². The van der Waals surface area contributed by atoms with E-state index >= 15 is 0 Å². The van der Waals surface area contributed by atoms with Crippen LogP contribution in [0.15, 0.2) is 39.5 Å². The summed E-state index contributed by atoms with van der Waals surface area (Å²) in [6.45, 7) is 2.11. The first-order chi connectivity index (χ1) is 9.72. The molecule has 3 rings (SSSR count). The number of carbonyl (C=O) groups is 1. The van der Waals surface area contributed by atoms with Gasteiger partial charge in [-0.15, -0.1) is 0 Å². The smallest absolute Gasteiger partial charge is 0.291 e. The molecule has 0 radical (unpaired) electrons. The lowest BCUT2D eigenvalue weighted by atomic mass is 10.3. The van der Waals surface area contributed by atoms with Crippen LogP contribution in [0.4, 0.5) is 11.5 Å². The minimum atomic E-state index is -0.286. The van der Waals surface area contributed by atoms with Crippen LogP contribution in [-0.2, 0) is 0 Å². The van der Waals surface area contributed by atoms with E-state index < -0.39 is 0 Å². The van der Waals surface area contributed by atoms with E-state index in [1.807, 2.05) is 12.1 Å². The number of nitrogens with one attached hydrogen (secondary N) is 1. The van der Waals surface area contributed by atoms with E-state index in [9.17, 15) is 4.79 Å². The number of pyridine rings is 1. The van der Waals surface area contributed by atoms with E-state index in [2.05, 4.69) is 31.1 Å². The topological polar surface area (TPSA) is 58.4 Å². The second-order valence-corrected chi connectivity index (χ2v) is 5.44. The molecule has 0 aliphatic carbocycles. The summed E-state index contributed by atoms with van der Waals surface area (Å²) in [7, 11) is 0. The van der Waals surface area contributed by atoms with Crippen molar-refractivity contribution < 1.29 is 9.21 Å². The molecule has 0 aromatic carbocycles. The third kappa shape index (κ3) is 2.85. The van der Waals surface area contributed by atoms with Crippen molar-refractivity contribution in [3.05, 3.63) is 40.9 Å². The maximum Gasteiger partial charge on any atom is 0.291 e. The number of hydrogen-bond donors (Lipinski definition) is 1. The molecule has 0 bridgehead atoms. The maximum atomic E-state index is 11.9. The Morgan fingerprint density at radius 2 is 2.05 bits per heavy atom. The van der Waals surface area contributed by atoms with Gasteiger partial charge in [0.2, 0.25) is 0 Å². The summed E-state index contributed by atoms with van der Waals surface area (Å²) < 4.78 is 5.73. The average Bonchev–Trinajstić information content (AvgIpc) is 3.10. The zero-order valence-electron chi connectivity index (χ0n) is 10.8. The zero-order chi connectivity index (χ0) is 13.9. The van der Waals surface area contributed by atoms with E-state index in [1.165, 1.54) is 12.8 Å². The summed E-state index contributed by atoms with van der Waals surface area (Å²) in [6, 6.07) is 7.09. The van der Waals surface area contributed by atoms with Gasteiger partial charge in [0, 0.05) is 13.1 Å². The predicted octanol–water partition coefficient (Wildman–Crippen LogP) is 3.29. The van der Waals surface area contributed by atoms with E-state index in [4.69, 9.17) is 4.42 Å². The molecule has 0 atom stereocenters. The fourth-order valence-corrected chi connectivity index (χ4v) is 2.53. The molecule has 1 amide bonds. The van der Waals surface area contributed by atoms with Gasteiger partial charge < -0.3 is 14.6 Å². The van der Waals surface area contributed by atoms with Gasteiger partial charge >= 0.3 is 0 Å². The summed E-state index contributed by atoms with van der Waals surface area (Å²) in [5.41, 5.74) is 0.658. The van der Waals surface area contributed by atoms with Crippen molar-refractivity contribution >= 4 is 33.3 Å². The highest BCUT2D eigenvalue weighted by molar-refractivity contribution is 9.10. The fraction of sp³-hybridized carbons (Fsp3) is 0.286. The van der Waals surface area contributed by atoms with Crippen molar-refractivity contribution in [2.45, 2.75) is 12.8 Å². The summed E-state index contributed by atoms with van der Waals surface area (Å²) >= 11 is 3.17. The number of aromatic nitrogens is 1. The summed E-state index contributed by atoms with van der Waals surface area (Å²) in [5, 5.41) is 2.75. The molecule has 20 heavy (non-hydrogen) atoms. The van der Waals surface area contributed by atoms with Crippen LogP contribution < -0.4 is 10.2 Å². The lowest BCUT2D eigenvalue weighted by molar-refractivity contribution is 0.0995. The zero-order valence-corrected chi connectivity index (χ0v) is 12.4. The Bertz CT molecular complexity index is 603. The summed E-state index contributed by atoms with van der Waals surface area (Å²) in [4.78, 5) is 18.5. The summed E-state index contributed by atoms with van der Waals surface area (Å²) in [6.07, 6.45) is 4.10. The largest absolute Gasteiger partial charge is 0.444 e. The number of hydrogen-bond acceptors (Lipinski definition) is 4. The van der Waals surface area contributed by atoms with Crippen LogP contribution in [0.2, 0.25) is 0 Å². The van der Waals surface area contributed by atoms with Crippen LogP contribution in [0.3, 0.4) is 0 Å². The third-order valence-corrected chi connectivity index (χ3v) is 3.66. The van der Waals surface area contributed by atoms with E-state index in [-0.39, 0.29) is 11.7 Å². The van der Waals surface area contributed by atoms with Crippen molar-refractivity contribution in [1.29, 1.82) is 0 Å². The molecule has 1 N–H and O–H groups in total. The highest BCUT2D eigenvalue weighted by atomic mass is 79.9. The van der Waals surface area contributed by atoms with Gasteiger partial charge in [-0.1, -0.05) is 0 Å². The molecule has 6 heteroatoms. The average molecular weight is 336 g/mol. The number of carbonyl (C=O) groups excluding carboxylic acids is 1. The molecule has 5 nitrogen and oxygen atoms in total. The van der Waals surface area contributed by atoms with Crippen LogP contribution in [-0.4, -0.2) is 24.0 Å². The van der Waals surface area contributed by atoms with Gasteiger partial charge in [-0.2, -0.15) is 0 Å². The van der Waals surface area contributed by atoms with Crippen LogP contribution in [0.5, 0.6) is 0 Å². The molecule has 1 saturated heterocycles. The Balaban J connectivity index is 1.67. The highest BCUT2D eigenvalue weighted by Crippen LogP contribution is 2.20. The van der Waals surface area contributed by atoms with E-state index in [1.54, 1.807) is 18.3 Å². The van der Waals surface area contributed by atoms with Gasteiger partial charge in [-0.05, 0) is 53.0 Å². The molecule has 1 aliphatic heterocycles. The SMILES string of the molecule is O=C(Nc1ccc(N2CCCC2)nc1)c1ccc(Br)o1. The van der Waals surface area contributed by atoms with E-state index in [0.29, 0.717) is 10.4 Å². The van der Waals surface area contributed by atoms with Gasteiger partial charge in [0.15, 0.2) is 10.4 Å². The van der Waals surface area contributed by atoms with Crippen LogP contribution >= 0.6 is 15.9 Å². The van der Waals surface area contributed by atoms with Crippen LogP contribution in [0, 0.1) is 0 Å². The minimum absolute atomic E-state index is 0.264. The molecule has 2 aromatic heterocycles. The molecular weight excluding hydrogens is 322 g/mol. The van der Waals surface area contributed by atoms with E-state index in [0.717, 1.165) is 18.9 Å². The Morgan fingerprint density at radius 1 is 1.25 bits per heavy atom. The van der Waals surface area contributed by atoms with Crippen molar-refractivity contribution in [1.82, 2.24) is 4.98 Å². The van der Waals surface area contributed by atoms with Gasteiger partial charge in [0.25, 0.3) is 5.91 Å². The molecule has 1 aliphatic rings. The molecule has 0 spiro atoms. The fourth-order valence-electron chi connectivity index (χ4n) is 2.22. The summed E-state index contributed by atoms with van der Waals surface area (Å²) in [5.74, 6) is 0.938. The number of rotatable bonds is 3. The van der Waals surface area contributed by atoms with Crippen molar-refractivity contribution in [2.24, 2.45) is 0 Å². The molecule has 2 aromatic rings. The predicted molar refractivity (Wildman–Crippen MR) is 80.0 cm³/mol. The minimum Gasteiger partial charge on any atom is -0.444 e. The Hall–Kier alpha value is -1.82. The molecular formula is C14H14BrN3O2. The normalized spacial score (nSPS) is 14.6. The Labute approximate surface area is 125 Å². The number of anilines is 2. The first kappa shape index (κ1) is 13.2. The molecule has 104 valence electrons. The molecule has 3 heterocycles. The molecule has 1 fully saturated rings. The Kier molecular flexibility index (Phi) is 3.73. The first-order valence-corrected chi connectivity index (χ1v) is 7.29. The second-order valence-electron chi connectivity index (χ2n) is 4.66. The van der Waals surface area contributed by atoms with Crippen LogP contribution in [0.25, 0.3) is 0 Å². The van der Waals surface area contributed by atoms with Gasteiger partial charge in [-0.25, -0.2) is 4.98 Å².